The Morgan fingerprint density at radius 2 is 1.79 bits per heavy atom. The molecule has 0 heterocycles. The van der Waals surface area contributed by atoms with Crippen LogP contribution >= 0.6 is 0 Å². The summed E-state index contributed by atoms with van der Waals surface area (Å²) >= 11 is 0. The number of rotatable bonds is 7. The van der Waals surface area contributed by atoms with E-state index in [1.54, 1.807) is 38.5 Å². The third kappa shape index (κ3) is 4.44. The monoisotopic (exact) mass is 382 g/mol. The number of hydrogen-bond acceptors (Lipinski definition) is 4. The Balaban J connectivity index is 1.67. The van der Waals surface area contributed by atoms with E-state index < -0.39 is 0 Å². The fourth-order valence-corrected chi connectivity index (χ4v) is 3.15. The summed E-state index contributed by atoms with van der Waals surface area (Å²) in [5.41, 5.74) is 2.03. The molecule has 2 amide bonds. The average Bonchev–Trinajstić information content (AvgIpc) is 3.44. The summed E-state index contributed by atoms with van der Waals surface area (Å²) in [7, 11) is 3.16. The zero-order valence-electron chi connectivity index (χ0n) is 16.6. The van der Waals surface area contributed by atoms with Crippen LogP contribution in [0.1, 0.15) is 42.2 Å². The molecule has 1 fully saturated rings. The van der Waals surface area contributed by atoms with Gasteiger partial charge < -0.3 is 20.1 Å². The van der Waals surface area contributed by atoms with Crippen LogP contribution in [0.3, 0.4) is 0 Å². The van der Waals surface area contributed by atoms with E-state index in [9.17, 15) is 9.59 Å². The molecule has 28 heavy (non-hydrogen) atoms. The lowest BCUT2D eigenvalue weighted by Crippen LogP contribution is -2.26. The molecule has 1 saturated carbocycles. The minimum absolute atomic E-state index is 0.0174. The molecule has 0 bridgehead atoms. The second-order valence-electron chi connectivity index (χ2n) is 7.20. The van der Waals surface area contributed by atoms with Crippen LogP contribution in [0.2, 0.25) is 0 Å². The molecule has 6 nitrogen and oxygen atoms in total. The largest absolute Gasteiger partial charge is 0.493 e. The predicted molar refractivity (Wildman–Crippen MR) is 108 cm³/mol. The molecule has 0 aromatic heterocycles. The number of hydrogen-bond donors (Lipinski definition) is 2. The van der Waals surface area contributed by atoms with Gasteiger partial charge in [0.15, 0.2) is 11.5 Å². The van der Waals surface area contributed by atoms with Crippen molar-refractivity contribution in [2.75, 3.05) is 19.5 Å². The smallest absolute Gasteiger partial charge is 0.251 e. The van der Waals surface area contributed by atoms with Gasteiger partial charge in [-0.1, -0.05) is 19.1 Å². The maximum Gasteiger partial charge on any atom is 0.251 e. The highest BCUT2D eigenvalue weighted by molar-refractivity contribution is 5.98. The van der Waals surface area contributed by atoms with Crippen molar-refractivity contribution < 1.29 is 19.1 Å². The SMILES string of the molecule is COc1ccc(C(C)NC(=O)c2cccc(NC(=O)C3CC3C)c2)cc1OC. The van der Waals surface area contributed by atoms with Gasteiger partial charge in [-0.25, -0.2) is 0 Å². The molecule has 6 heteroatoms. The number of carbonyl (C=O) groups excluding carboxylic acids is 2. The van der Waals surface area contributed by atoms with Crippen molar-refractivity contribution in [2.24, 2.45) is 11.8 Å². The molecule has 1 aliphatic carbocycles. The van der Waals surface area contributed by atoms with Gasteiger partial charge in [0.2, 0.25) is 5.91 Å². The zero-order valence-corrected chi connectivity index (χ0v) is 16.6. The first-order chi connectivity index (χ1) is 13.4. The highest BCUT2D eigenvalue weighted by Gasteiger charge is 2.39. The number of anilines is 1. The predicted octanol–water partition coefficient (Wildman–Crippen LogP) is 3.79. The average molecular weight is 382 g/mol. The van der Waals surface area contributed by atoms with Gasteiger partial charge in [0.25, 0.3) is 5.91 Å². The molecule has 0 aliphatic heterocycles. The molecule has 0 radical (unpaired) electrons. The van der Waals surface area contributed by atoms with Crippen molar-refractivity contribution in [1.82, 2.24) is 5.32 Å². The fourth-order valence-electron chi connectivity index (χ4n) is 3.15. The lowest BCUT2D eigenvalue weighted by atomic mass is 10.1. The maximum absolute atomic E-state index is 12.7. The number of amides is 2. The van der Waals surface area contributed by atoms with Crippen molar-refractivity contribution in [3.8, 4) is 11.5 Å². The zero-order chi connectivity index (χ0) is 20.3. The summed E-state index contributed by atoms with van der Waals surface area (Å²) in [4.78, 5) is 24.8. The van der Waals surface area contributed by atoms with Gasteiger partial charge in [-0.05, 0) is 55.2 Å². The molecule has 3 rings (SSSR count). The molecule has 2 aromatic rings. The van der Waals surface area contributed by atoms with E-state index in [1.807, 2.05) is 25.1 Å². The lowest BCUT2D eigenvalue weighted by Gasteiger charge is -2.17. The first-order valence-electron chi connectivity index (χ1n) is 9.36. The third-order valence-electron chi connectivity index (χ3n) is 5.09. The molecule has 1 aliphatic rings. The van der Waals surface area contributed by atoms with Gasteiger partial charge >= 0.3 is 0 Å². The quantitative estimate of drug-likeness (QED) is 0.764. The Morgan fingerprint density at radius 1 is 1.07 bits per heavy atom. The summed E-state index contributed by atoms with van der Waals surface area (Å²) in [5.74, 6) is 1.58. The van der Waals surface area contributed by atoms with Gasteiger partial charge in [-0.15, -0.1) is 0 Å². The second-order valence-corrected chi connectivity index (χ2v) is 7.20. The van der Waals surface area contributed by atoms with Gasteiger partial charge in [0.05, 0.1) is 20.3 Å². The van der Waals surface area contributed by atoms with Crippen LogP contribution in [0.5, 0.6) is 11.5 Å². The highest BCUT2D eigenvalue weighted by Crippen LogP contribution is 2.38. The van der Waals surface area contributed by atoms with E-state index >= 15 is 0 Å². The van der Waals surface area contributed by atoms with Crippen molar-refractivity contribution in [1.29, 1.82) is 0 Å². The minimum Gasteiger partial charge on any atom is -0.493 e. The summed E-state index contributed by atoms with van der Waals surface area (Å²) in [6, 6.07) is 12.3. The molecule has 2 aromatic carbocycles. The lowest BCUT2D eigenvalue weighted by molar-refractivity contribution is -0.117. The van der Waals surface area contributed by atoms with E-state index in [0.29, 0.717) is 28.7 Å². The molecular formula is C22H26N2O4. The van der Waals surface area contributed by atoms with E-state index in [-0.39, 0.29) is 23.8 Å². The van der Waals surface area contributed by atoms with Gasteiger partial charge in [-0.2, -0.15) is 0 Å². The van der Waals surface area contributed by atoms with Gasteiger partial charge in [0, 0.05) is 17.2 Å². The van der Waals surface area contributed by atoms with Crippen LogP contribution in [-0.4, -0.2) is 26.0 Å². The number of nitrogens with one attached hydrogen (secondary N) is 2. The Bertz CT molecular complexity index is 881. The van der Waals surface area contributed by atoms with Gasteiger partial charge in [-0.3, -0.25) is 9.59 Å². The van der Waals surface area contributed by atoms with E-state index in [4.69, 9.17) is 9.47 Å². The van der Waals surface area contributed by atoms with Crippen LogP contribution in [0, 0.1) is 11.8 Å². The van der Waals surface area contributed by atoms with Crippen LogP contribution in [0.15, 0.2) is 42.5 Å². The molecule has 2 N–H and O–H groups in total. The van der Waals surface area contributed by atoms with Crippen LogP contribution in [0.4, 0.5) is 5.69 Å². The van der Waals surface area contributed by atoms with E-state index in [2.05, 4.69) is 17.6 Å². The Hall–Kier alpha value is -3.02. The second kappa shape index (κ2) is 8.33. The fraction of sp³-hybridized carbons (Fsp3) is 0.364. The number of carbonyl (C=O) groups is 2. The summed E-state index contributed by atoms with van der Waals surface area (Å²) in [5, 5.41) is 5.87. The number of ether oxygens (including phenoxy) is 2. The Kier molecular flexibility index (Phi) is 5.87. The minimum atomic E-state index is -0.224. The van der Waals surface area contributed by atoms with Crippen molar-refractivity contribution >= 4 is 17.5 Å². The Labute approximate surface area is 165 Å². The van der Waals surface area contributed by atoms with Gasteiger partial charge in [0.1, 0.15) is 0 Å². The van der Waals surface area contributed by atoms with Crippen LogP contribution < -0.4 is 20.1 Å². The van der Waals surface area contributed by atoms with Crippen LogP contribution in [0.25, 0.3) is 0 Å². The highest BCUT2D eigenvalue weighted by atomic mass is 16.5. The molecule has 3 unspecified atom stereocenters. The maximum atomic E-state index is 12.7. The Morgan fingerprint density at radius 3 is 2.43 bits per heavy atom. The molecule has 3 atom stereocenters. The first-order valence-corrected chi connectivity index (χ1v) is 9.36. The van der Waals surface area contributed by atoms with E-state index in [0.717, 1.165) is 12.0 Å². The topological polar surface area (TPSA) is 76.7 Å². The normalized spacial score (nSPS) is 18.7. The summed E-state index contributed by atoms with van der Waals surface area (Å²) < 4.78 is 10.6. The standard InChI is InChI=1S/C22H26N2O4/c1-13-10-18(13)22(26)24-17-7-5-6-16(11-17)21(25)23-14(2)15-8-9-19(27-3)20(12-15)28-4/h5-9,11-14,18H,10H2,1-4H3,(H,23,25)(H,24,26). The molecule has 148 valence electrons. The van der Waals surface area contributed by atoms with Crippen molar-refractivity contribution in [3.05, 3.63) is 53.6 Å². The number of methoxy groups -OCH3 is 2. The van der Waals surface area contributed by atoms with Crippen molar-refractivity contribution in [3.63, 3.8) is 0 Å². The first kappa shape index (κ1) is 19.7. The van der Waals surface area contributed by atoms with Crippen molar-refractivity contribution in [2.45, 2.75) is 26.3 Å². The third-order valence-corrected chi connectivity index (χ3v) is 5.09. The number of benzene rings is 2. The molecule has 0 spiro atoms. The van der Waals surface area contributed by atoms with E-state index in [1.165, 1.54) is 0 Å². The summed E-state index contributed by atoms with van der Waals surface area (Å²) in [6.45, 7) is 3.96. The molecule has 0 saturated heterocycles. The molecular weight excluding hydrogens is 356 g/mol. The summed E-state index contributed by atoms with van der Waals surface area (Å²) in [6.07, 6.45) is 0.925. The van der Waals surface area contributed by atoms with Crippen LogP contribution in [-0.2, 0) is 4.79 Å².